The van der Waals surface area contributed by atoms with Crippen molar-refractivity contribution in [1.82, 2.24) is 10.2 Å². The van der Waals surface area contributed by atoms with Crippen LogP contribution >= 0.6 is 11.8 Å². The molecule has 98 valence electrons. The van der Waals surface area contributed by atoms with E-state index in [0.717, 1.165) is 6.54 Å². The van der Waals surface area contributed by atoms with Crippen molar-refractivity contribution in [2.75, 3.05) is 31.1 Å². The van der Waals surface area contributed by atoms with Gasteiger partial charge in [-0.3, -0.25) is 4.90 Å². The number of rotatable bonds is 2. The Bertz CT molecular complexity index is 363. The van der Waals surface area contributed by atoms with Crippen LogP contribution in [0.25, 0.3) is 0 Å². The van der Waals surface area contributed by atoms with Gasteiger partial charge in [-0.05, 0) is 18.4 Å². The van der Waals surface area contributed by atoms with Gasteiger partial charge in [-0.15, -0.1) is 0 Å². The Morgan fingerprint density at radius 3 is 2.61 bits per heavy atom. The third-order valence-corrected chi connectivity index (χ3v) is 5.44. The molecule has 2 saturated heterocycles. The number of piperidine rings is 1. The first-order valence-corrected chi connectivity index (χ1v) is 8.11. The Balaban J connectivity index is 1.54. The first-order valence-electron chi connectivity index (χ1n) is 6.95. The fourth-order valence-electron chi connectivity index (χ4n) is 3.01. The number of benzene rings is 1. The minimum atomic E-state index is 0.454. The number of likely N-dealkylation sites (tertiary alicyclic amines) is 1. The molecule has 0 unspecified atom stereocenters. The molecule has 0 atom stereocenters. The number of nitrogens with one attached hydrogen (secondary N) is 1. The molecule has 0 amide bonds. The number of hydrogen-bond donors (Lipinski definition) is 1. The molecule has 0 aromatic heterocycles. The first-order chi connectivity index (χ1) is 8.86. The molecule has 1 N–H and O–H groups in total. The van der Waals surface area contributed by atoms with Crippen molar-refractivity contribution in [3.05, 3.63) is 35.9 Å². The molecular weight excluding hydrogens is 240 g/mol. The van der Waals surface area contributed by atoms with Gasteiger partial charge in [0.1, 0.15) is 0 Å². The van der Waals surface area contributed by atoms with Crippen LogP contribution < -0.4 is 5.32 Å². The monoisotopic (exact) mass is 262 g/mol. The molecule has 3 rings (SSSR count). The number of hydrogen-bond acceptors (Lipinski definition) is 3. The average Bonchev–Trinajstić information content (AvgIpc) is 2.44. The van der Waals surface area contributed by atoms with Crippen molar-refractivity contribution >= 4 is 11.8 Å². The summed E-state index contributed by atoms with van der Waals surface area (Å²) in [5, 5.41) is 3.77. The SMILES string of the molecule is c1ccc(CN2CCC3(CC2)CSCCN3)cc1. The molecule has 1 spiro atoms. The minimum Gasteiger partial charge on any atom is -0.309 e. The summed E-state index contributed by atoms with van der Waals surface area (Å²) in [7, 11) is 0. The molecule has 2 aliphatic heterocycles. The van der Waals surface area contributed by atoms with Crippen LogP contribution in [0.3, 0.4) is 0 Å². The molecule has 1 aromatic carbocycles. The first kappa shape index (κ1) is 12.5. The van der Waals surface area contributed by atoms with E-state index in [1.807, 2.05) is 0 Å². The third-order valence-electron chi connectivity index (χ3n) is 4.19. The Hall–Kier alpha value is -0.510. The van der Waals surface area contributed by atoms with Crippen LogP contribution in [0.1, 0.15) is 18.4 Å². The fraction of sp³-hybridized carbons (Fsp3) is 0.600. The lowest BCUT2D eigenvalue weighted by molar-refractivity contribution is 0.143. The van der Waals surface area contributed by atoms with Gasteiger partial charge in [0.2, 0.25) is 0 Å². The summed E-state index contributed by atoms with van der Waals surface area (Å²) in [6.07, 6.45) is 2.62. The summed E-state index contributed by atoms with van der Waals surface area (Å²) in [6.45, 7) is 4.79. The number of nitrogens with zero attached hydrogens (tertiary/aromatic N) is 1. The zero-order valence-electron chi connectivity index (χ0n) is 10.9. The second-order valence-corrected chi connectivity index (χ2v) is 6.63. The van der Waals surface area contributed by atoms with Crippen molar-refractivity contribution in [2.24, 2.45) is 0 Å². The van der Waals surface area contributed by atoms with Crippen LogP contribution in [0.2, 0.25) is 0 Å². The molecule has 2 nitrogen and oxygen atoms in total. The van der Waals surface area contributed by atoms with E-state index in [0.29, 0.717) is 5.54 Å². The van der Waals surface area contributed by atoms with E-state index in [4.69, 9.17) is 0 Å². The van der Waals surface area contributed by atoms with Crippen LogP contribution in [0, 0.1) is 0 Å². The molecule has 1 aromatic rings. The minimum absolute atomic E-state index is 0.454. The van der Waals surface area contributed by atoms with Gasteiger partial charge in [-0.1, -0.05) is 30.3 Å². The van der Waals surface area contributed by atoms with Crippen molar-refractivity contribution < 1.29 is 0 Å². The van der Waals surface area contributed by atoms with E-state index < -0.39 is 0 Å². The Morgan fingerprint density at radius 2 is 1.94 bits per heavy atom. The highest BCUT2D eigenvalue weighted by Gasteiger charge is 2.35. The molecule has 0 saturated carbocycles. The standard InChI is InChI=1S/C15H22N2S/c1-2-4-14(5-3-1)12-17-9-6-15(7-10-17)13-18-11-8-16-15/h1-5,16H,6-13H2. The molecule has 0 bridgehead atoms. The molecule has 3 heteroatoms. The predicted molar refractivity (Wildman–Crippen MR) is 79.0 cm³/mol. The summed E-state index contributed by atoms with van der Waals surface area (Å²) in [5.74, 6) is 2.60. The summed E-state index contributed by atoms with van der Waals surface area (Å²) < 4.78 is 0. The van der Waals surface area contributed by atoms with Gasteiger partial charge < -0.3 is 5.32 Å². The third kappa shape index (κ3) is 2.90. The van der Waals surface area contributed by atoms with E-state index in [2.05, 4.69) is 52.3 Å². The molecule has 0 radical (unpaired) electrons. The lowest BCUT2D eigenvalue weighted by Crippen LogP contribution is -2.57. The van der Waals surface area contributed by atoms with Gasteiger partial charge in [0.05, 0.1) is 0 Å². The van der Waals surface area contributed by atoms with Crippen LogP contribution in [0.4, 0.5) is 0 Å². The Kier molecular flexibility index (Phi) is 3.92. The van der Waals surface area contributed by atoms with Crippen LogP contribution in [0.15, 0.2) is 30.3 Å². The average molecular weight is 262 g/mol. The fourth-order valence-corrected chi connectivity index (χ4v) is 4.18. The van der Waals surface area contributed by atoms with E-state index in [9.17, 15) is 0 Å². The summed E-state index contributed by atoms with van der Waals surface area (Å²) in [4.78, 5) is 2.60. The maximum atomic E-state index is 3.77. The second-order valence-electron chi connectivity index (χ2n) is 5.52. The van der Waals surface area contributed by atoms with E-state index in [-0.39, 0.29) is 0 Å². The quantitative estimate of drug-likeness (QED) is 0.881. The number of thioether (sulfide) groups is 1. The van der Waals surface area contributed by atoms with Crippen molar-refractivity contribution in [2.45, 2.75) is 24.9 Å². The Morgan fingerprint density at radius 1 is 1.17 bits per heavy atom. The van der Waals surface area contributed by atoms with Crippen LogP contribution in [0.5, 0.6) is 0 Å². The van der Waals surface area contributed by atoms with E-state index in [1.54, 1.807) is 0 Å². The van der Waals surface area contributed by atoms with Gasteiger partial charge in [-0.2, -0.15) is 11.8 Å². The Labute approximate surface area is 114 Å². The lowest BCUT2D eigenvalue weighted by Gasteiger charge is -2.44. The van der Waals surface area contributed by atoms with Crippen molar-refractivity contribution in [3.63, 3.8) is 0 Å². The highest BCUT2D eigenvalue weighted by molar-refractivity contribution is 7.99. The molecule has 0 aliphatic carbocycles. The maximum absolute atomic E-state index is 3.77. The molecule has 2 fully saturated rings. The van der Waals surface area contributed by atoms with Crippen molar-refractivity contribution in [3.8, 4) is 0 Å². The molecular formula is C15H22N2S. The summed E-state index contributed by atoms with van der Waals surface area (Å²) >= 11 is 2.12. The van der Waals surface area contributed by atoms with E-state index in [1.165, 1.54) is 49.5 Å². The lowest BCUT2D eigenvalue weighted by atomic mass is 9.89. The zero-order chi connectivity index (χ0) is 12.3. The summed E-state index contributed by atoms with van der Waals surface area (Å²) in [5.41, 5.74) is 1.90. The normalized spacial score (nSPS) is 24.2. The highest BCUT2D eigenvalue weighted by atomic mass is 32.2. The van der Waals surface area contributed by atoms with Gasteiger partial charge >= 0.3 is 0 Å². The van der Waals surface area contributed by atoms with Gasteiger partial charge in [0, 0.05) is 43.2 Å². The van der Waals surface area contributed by atoms with Crippen LogP contribution in [-0.2, 0) is 6.54 Å². The van der Waals surface area contributed by atoms with E-state index >= 15 is 0 Å². The maximum Gasteiger partial charge on any atom is 0.0296 e. The van der Waals surface area contributed by atoms with Gasteiger partial charge in [0.25, 0.3) is 0 Å². The topological polar surface area (TPSA) is 15.3 Å². The molecule has 18 heavy (non-hydrogen) atoms. The predicted octanol–water partition coefficient (Wildman–Crippen LogP) is 2.36. The van der Waals surface area contributed by atoms with Crippen LogP contribution in [-0.4, -0.2) is 41.6 Å². The largest absolute Gasteiger partial charge is 0.309 e. The smallest absolute Gasteiger partial charge is 0.0296 e. The molecule has 2 aliphatic rings. The van der Waals surface area contributed by atoms with Gasteiger partial charge in [0.15, 0.2) is 0 Å². The van der Waals surface area contributed by atoms with Crippen molar-refractivity contribution in [1.29, 1.82) is 0 Å². The molecule has 2 heterocycles. The second kappa shape index (κ2) is 5.64. The highest BCUT2D eigenvalue weighted by Crippen LogP contribution is 2.29. The zero-order valence-corrected chi connectivity index (χ0v) is 11.7. The summed E-state index contributed by atoms with van der Waals surface area (Å²) in [6, 6.07) is 10.8. The van der Waals surface area contributed by atoms with Gasteiger partial charge in [-0.25, -0.2) is 0 Å².